The van der Waals surface area contributed by atoms with Crippen LogP contribution in [0.2, 0.25) is 0 Å². The van der Waals surface area contributed by atoms with Crippen molar-refractivity contribution in [3.05, 3.63) is 29.3 Å². The maximum Gasteiger partial charge on any atom is 0.334 e. The summed E-state index contributed by atoms with van der Waals surface area (Å²) < 4.78 is 0. The lowest BCUT2D eigenvalue weighted by atomic mass is 9.82. The molecular weight excluding hydrogens is 452 g/mol. The summed E-state index contributed by atoms with van der Waals surface area (Å²) in [7, 11) is 1.56. The summed E-state index contributed by atoms with van der Waals surface area (Å²) in [6.07, 6.45) is 4.33. The van der Waals surface area contributed by atoms with Gasteiger partial charge in [0.2, 0.25) is 5.91 Å². The van der Waals surface area contributed by atoms with Gasteiger partial charge in [0.1, 0.15) is 0 Å². The average Bonchev–Trinajstić information content (AvgIpc) is 2.78. The number of carboxylic acids is 2. The number of rotatable bonds is 11. The van der Waals surface area contributed by atoms with Crippen LogP contribution in [0.4, 0.5) is 0 Å². The minimum absolute atomic E-state index is 0.00722. The van der Waals surface area contributed by atoms with Crippen LogP contribution in [0.15, 0.2) is 18.2 Å². The molecule has 1 saturated carbocycles. The minimum Gasteiger partial charge on any atom is -0.481 e. The number of benzene rings is 1. The molecule has 0 saturated heterocycles. The van der Waals surface area contributed by atoms with Gasteiger partial charge in [-0.15, -0.1) is 11.8 Å². The van der Waals surface area contributed by atoms with E-state index in [1.165, 1.54) is 34.9 Å². The fraction of sp³-hybridized carbons (Fsp3) is 0.500. The lowest BCUT2D eigenvalue weighted by molar-refractivity contribution is -0.214. The predicted molar refractivity (Wildman–Crippen MR) is 121 cm³/mol. The molecule has 1 aromatic carbocycles. The summed E-state index contributed by atoms with van der Waals surface area (Å²) in [4.78, 5) is 58.1. The van der Waals surface area contributed by atoms with Gasteiger partial charge in [-0.1, -0.05) is 0 Å². The van der Waals surface area contributed by atoms with Gasteiger partial charge in [-0.05, 0) is 50.1 Å². The van der Waals surface area contributed by atoms with Gasteiger partial charge < -0.3 is 20.0 Å². The molecular formula is C22H28N2O8S. The maximum absolute atomic E-state index is 12.8. The normalized spacial score (nSPS) is 17.8. The fourth-order valence-corrected chi connectivity index (χ4v) is 4.31. The fourth-order valence-electron chi connectivity index (χ4n) is 3.74. The summed E-state index contributed by atoms with van der Waals surface area (Å²) in [5.74, 6) is -2.90. The Morgan fingerprint density at radius 2 is 1.73 bits per heavy atom. The molecule has 1 aromatic rings. The van der Waals surface area contributed by atoms with E-state index in [1.807, 2.05) is 6.26 Å². The van der Waals surface area contributed by atoms with Gasteiger partial charge in [-0.2, -0.15) is 4.89 Å². The summed E-state index contributed by atoms with van der Waals surface area (Å²) in [6, 6.07) is 4.08. The van der Waals surface area contributed by atoms with E-state index in [4.69, 9.17) is 20.5 Å². The van der Waals surface area contributed by atoms with Crippen molar-refractivity contribution < 1.29 is 39.2 Å². The standard InChI is InChI=1S/C22H28N2O8S/c1-24(22(30)14-5-3-13(4-6-14)21(23)33-2)11-17(25)15-7-8-18(32-31-12-20(28)29)16(9-15)10-19(26)27/h7-9,13-14,23H,3-6,10-12H2,1-2H3,(H,26,27)(H,28,29)/t13-,14-. The van der Waals surface area contributed by atoms with Crippen molar-refractivity contribution in [2.75, 3.05) is 26.5 Å². The Morgan fingerprint density at radius 1 is 1.09 bits per heavy atom. The molecule has 0 spiro atoms. The molecule has 0 bridgehead atoms. The molecule has 2 rings (SSSR count). The number of carboxylic acid groups (broad SMARTS) is 2. The van der Waals surface area contributed by atoms with Gasteiger partial charge in [-0.3, -0.25) is 19.8 Å². The quantitative estimate of drug-likeness (QED) is 0.142. The number of aliphatic carboxylic acids is 2. The highest BCUT2D eigenvalue weighted by Gasteiger charge is 2.30. The molecule has 0 aliphatic heterocycles. The Kier molecular flexibility index (Phi) is 9.86. The molecule has 1 fully saturated rings. The van der Waals surface area contributed by atoms with Crippen molar-refractivity contribution >= 4 is 40.4 Å². The first-order chi connectivity index (χ1) is 15.6. The largest absolute Gasteiger partial charge is 0.481 e. The van der Waals surface area contributed by atoms with Gasteiger partial charge in [0.15, 0.2) is 18.1 Å². The van der Waals surface area contributed by atoms with E-state index in [0.29, 0.717) is 17.9 Å². The molecule has 0 unspecified atom stereocenters. The van der Waals surface area contributed by atoms with Crippen LogP contribution < -0.4 is 4.89 Å². The van der Waals surface area contributed by atoms with E-state index < -0.39 is 25.0 Å². The predicted octanol–water partition coefficient (Wildman–Crippen LogP) is 2.50. The first-order valence-corrected chi connectivity index (χ1v) is 11.6. The van der Waals surface area contributed by atoms with Gasteiger partial charge in [0.05, 0.1) is 18.0 Å². The van der Waals surface area contributed by atoms with E-state index in [9.17, 15) is 19.2 Å². The second-order valence-electron chi connectivity index (χ2n) is 7.87. The first kappa shape index (κ1) is 26.3. The van der Waals surface area contributed by atoms with E-state index in [2.05, 4.69) is 4.89 Å². The number of nitrogens with zero attached hydrogens (tertiary/aromatic N) is 1. The Bertz CT molecular complexity index is 912. The molecule has 1 amide bonds. The molecule has 180 valence electrons. The topological polar surface area (TPSA) is 154 Å². The number of carbonyl (C=O) groups excluding carboxylic acids is 2. The molecule has 0 heterocycles. The van der Waals surface area contributed by atoms with E-state index >= 15 is 0 Å². The second-order valence-corrected chi connectivity index (χ2v) is 8.71. The van der Waals surface area contributed by atoms with Crippen molar-refractivity contribution in [3.63, 3.8) is 0 Å². The van der Waals surface area contributed by atoms with Crippen LogP contribution >= 0.6 is 11.8 Å². The molecule has 1 aliphatic carbocycles. The van der Waals surface area contributed by atoms with Crippen LogP contribution in [0, 0.1) is 17.2 Å². The highest BCUT2D eigenvalue weighted by atomic mass is 32.2. The Labute approximate surface area is 195 Å². The molecule has 10 nitrogen and oxygen atoms in total. The summed E-state index contributed by atoms with van der Waals surface area (Å²) in [6.45, 7) is -0.901. The molecule has 11 heteroatoms. The van der Waals surface area contributed by atoms with Crippen LogP contribution in [0.25, 0.3) is 0 Å². The summed E-state index contributed by atoms with van der Waals surface area (Å²) in [5.41, 5.74) is 0.343. The zero-order chi connectivity index (χ0) is 24.5. The molecule has 3 N–H and O–H groups in total. The molecule has 0 aromatic heterocycles. The van der Waals surface area contributed by atoms with Crippen molar-refractivity contribution in [3.8, 4) is 5.75 Å². The Morgan fingerprint density at radius 3 is 2.30 bits per heavy atom. The van der Waals surface area contributed by atoms with E-state index in [0.717, 1.165) is 12.8 Å². The van der Waals surface area contributed by atoms with Crippen molar-refractivity contribution in [2.45, 2.75) is 32.1 Å². The number of Topliss-reactive ketones (excluding diaryl/α,β-unsaturated/α-hetero) is 1. The third kappa shape index (κ3) is 7.86. The van der Waals surface area contributed by atoms with Gasteiger partial charge >= 0.3 is 11.9 Å². The Balaban J connectivity index is 2.01. The van der Waals surface area contributed by atoms with Crippen molar-refractivity contribution in [2.24, 2.45) is 11.8 Å². The molecule has 1 aliphatic rings. The minimum atomic E-state index is -1.26. The summed E-state index contributed by atoms with van der Waals surface area (Å²) in [5, 5.41) is 26.3. The third-order valence-electron chi connectivity index (χ3n) is 5.48. The number of amides is 1. The van der Waals surface area contributed by atoms with Crippen LogP contribution in [0.5, 0.6) is 5.75 Å². The highest BCUT2D eigenvalue weighted by molar-refractivity contribution is 8.13. The maximum atomic E-state index is 12.8. The number of likely N-dealkylation sites (N-methyl/N-ethyl adjacent to an activating group) is 1. The zero-order valence-corrected chi connectivity index (χ0v) is 19.4. The number of nitrogens with one attached hydrogen (secondary N) is 1. The number of thioether (sulfide) groups is 1. The van der Waals surface area contributed by atoms with Crippen molar-refractivity contribution in [1.82, 2.24) is 4.90 Å². The smallest absolute Gasteiger partial charge is 0.334 e. The highest BCUT2D eigenvalue weighted by Crippen LogP contribution is 2.32. The summed E-state index contributed by atoms with van der Waals surface area (Å²) >= 11 is 1.43. The van der Waals surface area contributed by atoms with Gasteiger partial charge in [0, 0.05) is 30.0 Å². The first-order valence-electron chi connectivity index (χ1n) is 10.4. The number of hydrogen-bond acceptors (Lipinski definition) is 8. The molecule has 33 heavy (non-hydrogen) atoms. The Hall–Kier alpha value is -2.92. The van der Waals surface area contributed by atoms with E-state index in [-0.39, 0.29) is 46.9 Å². The molecule has 0 atom stereocenters. The van der Waals surface area contributed by atoms with Crippen LogP contribution in [-0.4, -0.2) is 70.2 Å². The lowest BCUT2D eigenvalue weighted by Crippen LogP contribution is -2.38. The van der Waals surface area contributed by atoms with E-state index in [1.54, 1.807) is 7.05 Å². The number of ketones is 1. The number of carbonyl (C=O) groups is 4. The molecule has 0 radical (unpaired) electrons. The van der Waals surface area contributed by atoms with Gasteiger partial charge in [-0.25, -0.2) is 4.79 Å². The number of hydrogen-bond donors (Lipinski definition) is 3. The van der Waals surface area contributed by atoms with Crippen LogP contribution in [-0.2, 0) is 25.7 Å². The van der Waals surface area contributed by atoms with Crippen LogP contribution in [0.1, 0.15) is 41.6 Å². The lowest BCUT2D eigenvalue weighted by Gasteiger charge is -2.30. The zero-order valence-electron chi connectivity index (χ0n) is 18.5. The monoisotopic (exact) mass is 480 g/mol. The van der Waals surface area contributed by atoms with Gasteiger partial charge in [0.25, 0.3) is 0 Å². The third-order valence-corrected chi connectivity index (χ3v) is 6.25. The SMILES string of the molecule is CSC(=N)[C@H]1CC[C@H](C(=O)N(C)CC(=O)c2ccc(OOCC(=O)O)c(CC(=O)O)c2)CC1. The van der Waals surface area contributed by atoms with Crippen molar-refractivity contribution in [1.29, 1.82) is 5.41 Å². The van der Waals surface area contributed by atoms with Crippen LogP contribution in [0.3, 0.4) is 0 Å². The second kappa shape index (κ2) is 12.4. The average molecular weight is 481 g/mol.